The third-order valence-corrected chi connectivity index (χ3v) is 6.05. The lowest BCUT2D eigenvalue weighted by Crippen LogP contribution is -2.13. The normalized spacial score (nSPS) is 10.9. The molecule has 0 saturated heterocycles. The Hall–Kier alpha value is -2.65. The van der Waals surface area contributed by atoms with Crippen LogP contribution in [0.2, 0.25) is 0 Å². The number of rotatable bonds is 8. The van der Waals surface area contributed by atoms with Crippen LogP contribution in [0.4, 0.5) is 10.1 Å². The summed E-state index contributed by atoms with van der Waals surface area (Å²) in [6.45, 7) is 2.54. The summed E-state index contributed by atoms with van der Waals surface area (Å²) in [6.07, 6.45) is 1.52. The molecule has 8 heteroatoms. The topological polar surface area (TPSA) is 71.3 Å². The molecule has 0 atom stereocenters. The molecule has 0 aliphatic heterocycles. The third kappa shape index (κ3) is 6.91. The number of carbonyl (C=O) groups excluding carboxylic acids is 1. The van der Waals surface area contributed by atoms with E-state index < -0.39 is 5.91 Å². The highest BCUT2D eigenvalue weighted by molar-refractivity contribution is 14.1. The number of hydrogen-bond acceptors (Lipinski definition) is 4. The Bertz CT molecular complexity index is 1200. The van der Waals surface area contributed by atoms with Crippen molar-refractivity contribution >= 4 is 62.9 Å². The lowest BCUT2D eigenvalue weighted by atomic mass is 10.1. The second kappa shape index (κ2) is 12.0. The van der Waals surface area contributed by atoms with Crippen LogP contribution in [0.5, 0.6) is 11.5 Å². The molecule has 3 aromatic rings. The van der Waals surface area contributed by atoms with Crippen molar-refractivity contribution in [2.24, 2.45) is 0 Å². The minimum Gasteiger partial charge on any atom is -0.494 e. The number of amides is 1. The molecule has 0 aromatic heterocycles. The van der Waals surface area contributed by atoms with Gasteiger partial charge in [-0.15, -0.1) is 0 Å². The smallest absolute Gasteiger partial charge is 0.266 e. The van der Waals surface area contributed by atoms with Gasteiger partial charge in [0, 0.05) is 11.3 Å². The van der Waals surface area contributed by atoms with Crippen LogP contribution in [0.1, 0.15) is 18.1 Å². The quantitative estimate of drug-likeness (QED) is 0.168. The van der Waals surface area contributed by atoms with Gasteiger partial charge in [0.2, 0.25) is 0 Å². The van der Waals surface area contributed by atoms with Crippen molar-refractivity contribution in [3.63, 3.8) is 0 Å². The predicted octanol–water partition coefficient (Wildman–Crippen LogP) is 6.56. The van der Waals surface area contributed by atoms with Gasteiger partial charge in [-0.05, 0) is 106 Å². The fraction of sp³-hybridized carbons (Fsp3) is 0.120. The Balaban J connectivity index is 1.74. The molecule has 0 aliphatic carbocycles. The average molecular weight is 668 g/mol. The number of carbonyl (C=O) groups is 1. The summed E-state index contributed by atoms with van der Waals surface area (Å²) >= 11 is 4.24. The molecule has 0 radical (unpaired) electrons. The number of halogens is 3. The SMILES string of the molecule is CCOc1ccc(NC(=O)/C(C#N)=C\c2cc(I)c(OCc3ccccc3F)c(I)c2)cc1. The van der Waals surface area contributed by atoms with Crippen LogP contribution in [0.25, 0.3) is 6.08 Å². The van der Waals surface area contributed by atoms with E-state index >= 15 is 0 Å². The Morgan fingerprint density at radius 1 is 1.09 bits per heavy atom. The monoisotopic (exact) mass is 668 g/mol. The Kier molecular flexibility index (Phi) is 9.08. The first kappa shape index (κ1) is 25.0. The second-order valence-corrected chi connectivity index (χ2v) is 9.10. The van der Waals surface area contributed by atoms with E-state index in [-0.39, 0.29) is 18.0 Å². The van der Waals surface area contributed by atoms with Crippen LogP contribution in [-0.4, -0.2) is 12.5 Å². The largest absolute Gasteiger partial charge is 0.494 e. The summed E-state index contributed by atoms with van der Waals surface area (Å²) in [7, 11) is 0. The Morgan fingerprint density at radius 3 is 2.36 bits per heavy atom. The zero-order valence-electron chi connectivity index (χ0n) is 17.6. The van der Waals surface area contributed by atoms with Crippen LogP contribution in [0.15, 0.2) is 66.2 Å². The molecular weight excluding hydrogens is 649 g/mol. The molecule has 0 saturated carbocycles. The molecule has 0 unspecified atom stereocenters. The summed E-state index contributed by atoms with van der Waals surface area (Å²) in [5, 5.41) is 12.2. The molecule has 33 heavy (non-hydrogen) atoms. The highest BCUT2D eigenvalue weighted by Crippen LogP contribution is 2.31. The summed E-state index contributed by atoms with van der Waals surface area (Å²) in [4.78, 5) is 12.6. The number of benzene rings is 3. The van der Waals surface area contributed by atoms with E-state index in [1.807, 2.05) is 13.0 Å². The summed E-state index contributed by atoms with van der Waals surface area (Å²) in [5.74, 6) is 0.493. The van der Waals surface area contributed by atoms with E-state index in [4.69, 9.17) is 9.47 Å². The number of nitriles is 1. The zero-order valence-corrected chi connectivity index (χ0v) is 21.9. The van der Waals surface area contributed by atoms with Crippen LogP contribution in [-0.2, 0) is 11.4 Å². The number of ether oxygens (including phenoxy) is 2. The van der Waals surface area contributed by atoms with E-state index in [0.717, 1.165) is 7.14 Å². The van der Waals surface area contributed by atoms with Gasteiger partial charge < -0.3 is 14.8 Å². The average Bonchev–Trinajstić information content (AvgIpc) is 2.79. The van der Waals surface area contributed by atoms with E-state index in [0.29, 0.717) is 34.9 Å². The maximum absolute atomic E-state index is 13.9. The van der Waals surface area contributed by atoms with Crippen molar-refractivity contribution in [1.29, 1.82) is 5.26 Å². The van der Waals surface area contributed by atoms with Crippen LogP contribution >= 0.6 is 45.2 Å². The molecule has 0 aliphatic rings. The molecule has 1 amide bonds. The summed E-state index contributed by atoms with van der Waals surface area (Å²) < 4.78 is 26.7. The number of nitrogens with zero attached hydrogens (tertiary/aromatic N) is 1. The van der Waals surface area contributed by atoms with Crippen molar-refractivity contribution in [3.05, 3.63) is 90.3 Å². The molecule has 0 spiro atoms. The highest BCUT2D eigenvalue weighted by Gasteiger charge is 2.13. The highest BCUT2D eigenvalue weighted by atomic mass is 127. The first-order valence-corrected chi connectivity index (χ1v) is 12.1. The number of nitrogens with one attached hydrogen (secondary N) is 1. The van der Waals surface area contributed by atoms with Gasteiger partial charge in [-0.3, -0.25) is 4.79 Å². The Labute approximate surface area is 218 Å². The van der Waals surface area contributed by atoms with Crippen LogP contribution < -0.4 is 14.8 Å². The molecule has 0 bridgehead atoms. The van der Waals surface area contributed by atoms with E-state index in [1.165, 1.54) is 12.1 Å². The number of anilines is 1. The third-order valence-electron chi connectivity index (χ3n) is 4.45. The van der Waals surface area contributed by atoms with Gasteiger partial charge in [-0.1, -0.05) is 18.2 Å². The molecule has 168 valence electrons. The molecule has 3 aromatic carbocycles. The summed E-state index contributed by atoms with van der Waals surface area (Å²) in [5.41, 5.74) is 1.67. The van der Waals surface area contributed by atoms with Gasteiger partial charge >= 0.3 is 0 Å². The lowest BCUT2D eigenvalue weighted by Gasteiger charge is -2.12. The zero-order chi connectivity index (χ0) is 23.8. The van der Waals surface area contributed by atoms with E-state index in [9.17, 15) is 14.4 Å². The standard InChI is InChI=1S/C25H19FI2N2O3/c1-2-32-20-9-7-19(8-10-20)30-25(31)18(14-29)11-16-12-22(27)24(23(28)13-16)33-15-17-5-3-4-6-21(17)26/h3-13H,2,15H2,1H3,(H,30,31)/b18-11-. The molecule has 0 fully saturated rings. The van der Waals surface area contributed by atoms with Crippen molar-refractivity contribution in [3.8, 4) is 17.6 Å². The second-order valence-electron chi connectivity index (χ2n) is 6.78. The van der Waals surface area contributed by atoms with Crippen molar-refractivity contribution in [1.82, 2.24) is 0 Å². The molecule has 3 rings (SSSR count). The van der Waals surface area contributed by atoms with E-state index in [2.05, 4.69) is 50.5 Å². The van der Waals surface area contributed by atoms with Crippen LogP contribution in [0, 0.1) is 24.3 Å². The van der Waals surface area contributed by atoms with Gasteiger partial charge in [0.15, 0.2) is 0 Å². The minimum atomic E-state index is -0.508. The number of hydrogen-bond donors (Lipinski definition) is 1. The Morgan fingerprint density at radius 2 is 1.76 bits per heavy atom. The maximum Gasteiger partial charge on any atom is 0.266 e. The van der Waals surface area contributed by atoms with Gasteiger partial charge in [0.05, 0.1) is 13.7 Å². The first-order valence-electron chi connectivity index (χ1n) is 9.92. The van der Waals surface area contributed by atoms with Gasteiger partial charge in [-0.25, -0.2) is 4.39 Å². The fourth-order valence-electron chi connectivity index (χ4n) is 2.88. The lowest BCUT2D eigenvalue weighted by molar-refractivity contribution is -0.112. The van der Waals surface area contributed by atoms with Crippen molar-refractivity contribution < 1.29 is 18.7 Å². The van der Waals surface area contributed by atoms with Crippen molar-refractivity contribution in [2.45, 2.75) is 13.5 Å². The van der Waals surface area contributed by atoms with Gasteiger partial charge in [0.25, 0.3) is 5.91 Å². The molecule has 0 heterocycles. The fourth-order valence-corrected chi connectivity index (χ4v) is 5.01. The maximum atomic E-state index is 13.9. The molecular formula is C25H19FI2N2O3. The minimum absolute atomic E-state index is 0.0319. The first-order chi connectivity index (χ1) is 15.9. The van der Waals surface area contributed by atoms with E-state index in [1.54, 1.807) is 54.6 Å². The van der Waals surface area contributed by atoms with Gasteiger partial charge in [0.1, 0.15) is 35.6 Å². The summed E-state index contributed by atoms with van der Waals surface area (Å²) in [6, 6.07) is 19.0. The molecule has 5 nitrogen and oxygen atoms in total. The van der Waals surface area contributed by atoms with Gasteiger partial charge in [-0.2, -0.15) is 5.26 Å². The predicted molar refractivity (Wildman–Crippen MR) is 142 cm³/mol. The van der Waals surface area contributed by atoms with Crippen molar-refractivity contribution in [2.75, 3.05) is 11.9 Å². The van der Waals surface area contributed by atoms with Crippen LogP contribution in [0.3, 0.4) is 0 Å². The molecule has 1 N–H and O–H groups in total.